The van der Waals surface area contributed by atoms with Crippen LogP contribution in [-0.2, 0) is 9.47 Å². The molecule has 0 spiro atoms. The van der Waals surface area contributed by atoms with Crippen molar-refractivity contribution < 1.29 is 9.47 Å². The lowest BCUT2D eigenvalue weighted by Crippen LogP contribution is -1.98. The van der Waals surface area contributed by atoms with Gasteiger partial charge in [-0.1, -0.05) is 54.6 Å². The standard InChI is InChI=1S/C24H20N2O2/c1-16-20-15-21(17-5-3-2-4-6-17)23(26-22(20)11-12-25-16)18-7-9-19(10-8-18)24-27-13-14-28-24/h2-12,15,24H,13-14H2,1H3. The Morgan fingerprint density at radius 1 is 0.857 bits per heavy atom. The third-order valence-corrected chi connectivity index (χ3v) is 5.11. The minimum atomic E-state index is -0.263. The second-order valence-electron chi connectivity index (χ2n) is 6.91. The van der Waals surface area contributed by atoms with Crippen LogP contribution in [0.5, 0.6) is 0 Å². The van der Waals surface area contributed by atoms with Crippen molar-refractivity contribution in [1.29, 1.82) is 0 Å². The number of nitrogens with zero attached hydrogens (tertiary/aromatic N) is 2. The largest absolute Gasteiger partial charge is 0.346 e. The minimum absolute atomic E-state index is 0.263. The van der Waals surface area contributed by atoms with Crippen LogP contribution in [0.4, 0.5) is 0 Å². The Morgan fingerprint density at radius 2 is 1.61 bits per heavy atom. The quantitative estimate of drug-likeness (QED) is 0.491. The van der Waals surface area contributed by atoms with Crippen LogP contribution >= 0.6 is 0 Å². The number of hydrogen-bond donors (Lipinski definition) is 0. The molecule has 0 unspecified atom stereocenters. The number of pyridine rings is 2. The van der Waals surface area contributed by atoms with Crippen molar-refractivity contribution in [1.82, 2.24) is 9.97 Å². The molecule has 1 aliphatic heterocycles. The maximum absolute atomic E-state index is 5.60. The highest BCUT2D eigenvalue weighted by Gasteiger charge is 2.19. The van der Waals surface area contributed by atoms with Crippen LogP contribution in [0.2, 0.25) is 0 Å². The number of aryl methyl sites for hydroxylation is 1. The van der Waals surface area contributed by atoms with Gasteiger partial charge in [0.2, 0.25) is 0 Å². The molecule has 3 heterocycles. The third-order valence-electron chi connectivity index (χ3n) is 5.11. The monoisotopic (exact) mass is 368 g/mol. The number of benzene rings is 2. The van der Waals surface area contributed by atoms with Gasteiger partial charge < -0.3 is 9.47 Å². The smallest absolute Gasteiger partial charge is 0.184 e. The van der Waals surface area contributed by atoms with Gasteiger partial charge >= 0.3 is 0 Å². The number of aromatic nitrogens is 2. The van der Waals surface area contributed by atoms with E-state index >= 15 is 0 Å². The second-order valence-corrected chi connectivity index (χ2v) is 6.91. The Labute approximate surface area is 163 Å². The van der Waals surface area contributed by atoms with Gasteiger partial charge in [-0.3, -0.25) is 4.98 Å². The number of hydrogen-bond acceptors (Lipinski definition) is 4. The molecular weight excluding hydrogens is 348 g/mol. The van der Waals surface area contributed by atoms with E-state index in [1.165, 1.54) is 0 Å². The highest BCUT2D eigenvalue weighted by Crippen LogP contribution is 2.35. The van der Waals surface area contributed by atoms with Gasteiger partial charge in [-0.2, -0.15) is 0 Å². The Morgan fingerprint density at radius 3 is 2.36 bits per heavy atom. The molecule has 4 heteroatoms. The SMILES string of the molecule is Cc1nccc2nc(-c3ccc(C4OCCO4)cc3)c(-c3ccccc3)cc12. The van der Waals surface area contributed by atoms with Crippen molar-refractivity contribution in [2.75, 3.05) is 13.2 Å². The molecule has 0 radical (unpaired) electrons. The van der Waals surface area contributed by atoms with E-state index in [1.807, 2.05) is 25.3 Å². The number of rotatable bonds is 3. The summed E-state index contributed by atoms with van der Waals surface area (Å²) in [6, 6.07) is 22.8. The fourth-order valence-corrected chi connectivity index (χ4v) is 3.64. The van der Waals surface area contributed by atoms with Gasteiger partial charge in [0, 0.05) is 34.0 Å². The lowest BCUT2D eigenvalue weighted by molar-refractivity contribution is -0.0441. The van der Waals surface area contributed by atoms with Crippen LogP contribution in [0.15, 0.2) is 72.9 Å². The van der Waals surface area contributed by atoms with Crippen molar-refractivity contribution in [3.05, 3.63) is 84.2 Å². The van der Waals surface area contributed by atoms with Crippen molar-refractivity contribution >= 4 is 10.9 Å². The van der Waals surface area contributed by atoms with E-state index in [4.69, 9.17) is 14.5 Å². The van der Waals surface area contributed by atoms with Crippen LogP contribution < -0.4 is 0 Å². The molecule has 1 saturated heterocycles. The van der Waals surface area contributed by atoms with Gasteiger partial charge in [0.05, 0.1) is 24.4 Å². The molecule has 2 aromatic carbocycles. The first-order chi connectivity index (χ1) is 13.8. The summed E-state index contributed by atoms with van der Waals surface area (Å²) in [4.78, 5) is 9.44. The lowest BCUT2D eigenvalue weighted by atomic mass is 9.96. The predicted octanol–water partition coefficient (Wildman–Crippen LogP) is 5.32. The zero-order chi connectivity index (χ0) is 18.9. The molecule has 1 fully saturated rings. The fraction of sp³-hybridized carbons (Fsp3) is 0.167. The summed E-state index contributed by atoms with van der Waals surface area (Å²) in [5.41, 5.74) is 7.24. The van der Waals surface area contributed by atoms with Crippen molar-refractivity contribution in [2.45, 2.75) is 13.2 Å². The maximum Gasteiger partial charge on any atom is 0.184 e. The summed E-state index contributed by atoms with van der Waals surface area (Å²) in [6.45, 7) is 3.31. The number of ether oxygens (including phenoxy) is 2. The molecule has 0 N–H and O–H groups in total. The van der Waals surface area contributed by atoms with E-state index in [-0.39, 0.29) is 6.29 Å². The Bertz CT molecular complexity index is 1120. The highest BCUT2D eigenvalue weighted by molar-refractivity contribution is 5.92. The van der Waals surface area contributed by atoms with Crippen LogP contribution in [0, 0.1) is 6.92 Å². The van der Waals surface area contributed by atoms with Crippen molar-refractivity contribution in [3.8, 4) is 22.4 Å². The van der Waals surface area contributed by atoms with E-state index in [2.05, 4.69) is 59.6 Å². The molecular formula is C24H20N2O2. The first-order valence-corrected chi connectivity index (χ1v) is 9.45. The average molecular weight is 368 g/mol. The van der Waals surface area contributed by atoms with Crippen LogP contribution in [-0.4, -0.2) is 23.2 Å². The summed E-state index contributed by atoms with van der Waals surface area (Å²) in [5.74, 6) is 0. The van der Waals surface area contributed by atoms with E-state index in [1.54, 1.807) is 0 Å². The van der Waals surface area contributed by atoms with Gasteiger partial charge in [-0.05, 0) is 24.6 Å². The summed E-state index contributed by atoms with van der Waals surface area (Å²) < 4.78 is 11.2. The molecule has 0 amide bonds. The molecule has 0 saturated carbocycles. The van der Waals surface area contributed by atoms with Gasteiger partial charge in [-0.15, -0.1) is 0 Å². The second kappa shape index (κ2) is 7.15. The van der Waals surface area contributed by atoms with E-state index < -0.39 is 0 Å². The van der Waals surface area contributed by atoms with E-state index in [0.29, 0.717) is 13.2 Å². The van der Waals surface area contributed by atoms with Gasteiger partial charge in [0.25, 0.3) is 0 Å². The molecule has 1 aliphatic rings. The van der Waals surface area contributed by atoms with Crippen molar-refractivity contribution in [2.24, 2.45) is 0 Å². The van der Waals surface area contributed by atoms with Gasteiger partial charge in [0.1, 0.15) is 0 Å². The third kappa shape index (κ3) is 3.07. The Kier molecular flexibility index (Phi) is 4.35. The van der Waals surface area contributed by atoms with Crippen LogP contribution in [0.25, 0.3) is 33.3 Å². The van der Waals surface area contributed by atoms with Crippen LogP contribution in [0.3, 0.4) is 0 Å². The van der Waals surface area contributed by atoms with Crippen molar-refractivity contribution in [3.63, 3.8) is 0 Å². The first-order valence-electron chi connectivity index (χ1n) is 9.45. The Hall–Kier alpha value is -3.08. The zero-order valence-electron chi connectivity index (χ0n) is 15.6. The molecule has 0 bridgehead atoms. The average Bonchev–Trinajstić information content (AvgIpc) is 3.29. The van der Waals surface area contributed by atoms with Gasteiger partial charge in [-0.25, -0.2) is 4.98 Å². The minimum Gasteiger partial charge on any atom is -0.346 e. The molecule has 138 valence electrons. The maximum atomic E-state index is 5.60. The van der Waals surface area contributed by atoms with E-state index in [0.717, 1.165) is 44.5 Å². The molecule has 0 aliphatic carbocycles. The molecule has 2 aromatic heterocycles. The summed E-state index contributed by atoms with van der Waals surface area (Å²) in [6.07, 6.45) is 1.55. The number of fused-ring (bicyclic) bond motifs is 1. The summed E-state index contributed by atoms with van der Waals surface area (Å²) >= 11 is 0. The topological polar surface area (TPSA) is 44.2 Å². The molecule has 0 atom stereocenters. The normalized spacial score (nSPS) is 14.6. The lowest BCUT2D eigenvalue weighted by Gasteiger charge is -2.14. The molecule has 4 aromatic rings. The van der Waals surface area contributed by atoms with Crippen LogP contribution in [0.1, 0.15) is 17.5 Å². The fourth-order valence-electron chi connectivity index (χ4n) is 3.64. The summed E-state index contributed by atoms with van der Waals surface area (Å²) in [5, 5.41) is 1.08. The predicted molar refractivity (Wildman–Crippen MR) is 110 cm³/mol. The zero-order valence-corrected chi connectivity index (χ0v) is 15.6. The molecule has 28 heavy (non-hydrogen) atoms. The highest BCUT2D eigenvalue weighted by atomic mass is 16.7. The molecule has 4 nitrogen and oxygen atoms in total. The van der Waals surface area contributed by atoms with Gasteiger partial charge in [0.15, 0.2) is 6.29 Å². The molecule has 5 rings (SSSR count). The first kappa shape index (κ1) is 17.0. The summed E-state index contributed by atoms with van der Waals surface area (Å²) in [7, 11) is 0. The Balaban J connectivity index is 1.67. The van der Waals surface area contributed by atoms with E-state index in [9.17, 15) is 0 Å².